The van der Waals surface area contributed by atoms with Crippen LogP contribution < -0.4 is 0 Å². The maximum atomic E-state index is 12.2. The van der Waals surface area contributed by atoms with Crippen LogP contribution in [-0.2, 0) is 19.9 Å². The molecule has 0 atom stereocenters. The van der Waals surface area contributed by atoms with Crippen LogP contribution >= 0.6 is 15.9 Å². The predicted octanol–water partition coefficient (Wildman–Crippen LogP) is 3.17. The molecule has 0 aliphatic carbocycles. The smallest absolute Gasteiger partial charge is 0.185 e. The predicted molar refractivity (Wildman–Crippen MR) is 74.8 cm³/mol. The van der Waals surface area contributed by atoms with Crippen molar-refractivity contribution in [1.29, 1.82) is 0 Å². The van der Waals surface area contributed by atoms with E-state index in [4.69, 9.17) is 0 Å². The van der Waals surface area contributed by atoms with E-state index in [1.165, 1.54) is 0 Å². The molecule has 0 saturated carbocycles. The van der Waals surface area contributed by atoms with Crippen molar-refractivity contribution in [1.82, 2.24) is 9.78 Å². The van der Waals surface area contributed by atoms with Crippen molar-refractivity contribution >= 4 is 21.7 Å². The number of carbonyl (C=O) groups excluding carboxylic acids is 1. The number of hydrogen-bond donors (Lipinski definition) is 0. The number of nitrogens with zero attached hydrogens (tertiary/aromatic N) is 2. The first-order chi connectivity index (χ1) is 8.60. The molecule has 1 aromatic heterocycles. The van der Waals surface area contributed by atoms with E-state index in [0.717, 1.165) is 22.2 Å². The molecule has 1 heterocycles. The summed E-state index contributed by atoms with van der Waals surface area (Å²) in [5.74, 6) is 0.0998. The van der Waals surface area contributed by atoms with Gasteiger partial charge in [-0.3, -0.25) is 9.48 Å². The first-order valence-corrected chi connectivity index (χ1v) is 6.70. The highest BCUT2D eigenvalue weighted by atomic mass is 79.9. The Balaban J connectivity index is 2.19. The molecule has 0 spiro atoms. The van der Waals surface area contributed by atoms with Gasteiger partial charge in [-0.2, -0.15) is 5.10 Å². The number of carbonyl (C=O) groups is 1. The molecule has 0 aliphatic rings. The van der Waals surface area contributed by atoms with E-state index in [-0.39, 0.29) is 5.78 Å². The fourth-order valence-corrected chi connectivity index (χ4v) is 2.33. The van der Waals surface area contributed by atoms with Crippen molar-refractivity contribution in [3.63, 3.8) is 0 Å². The van der Waals surface area contributed by atoms with E-state index < -0.39 is 0 Å². The van der Waals surface area contributed by atoms with Crippen molar-refractivity contribution < 1.29 is 4.79 Å². The van der Waals surface area contributed by atoms with Gasteiger partial charge in [0, 0.05) is 17.9 Å². The van der Waals surface area contributed by atoms with E-state index in [2.05, 4.69) is 21.0 Å². The maximum absolute atomic E-state index is 12.2. The highest BCUT2D eigenvalue weighted by Crippen LogP contribution is 2.14. The zero-order chi connectivity index (χ0) is 13.1. The molecule has 3 nitrogen and oxygen atoms in total. The third-order valence-electron chi connectivity index (χ3n) is 2.83. The molecule has 0 radical (unpaired) electrons. The van der Waals surface area contributed by atoms with E-state index in [1.807, 2.05) is 44.3 Å². The Bertz CT molecular complexity index is 575. The van der Waals surface area contributed by atoms with Gasteiger partial charge in [-0.25, -0.2) is 0 Å². The van der Waals surface area contributed by atoms with Crippen molar-refractivity contribution in [2.24, 2.45) is 7.05 Å². The second-order valence-corrected chi connectivity index (χ2v) is 5.14. The zero-order valence-corrected chi connectivity index (χ0v) is 12.1. The number of aryl methyl sites for hydroxylation is 2. The normalized spacial score (nSPS) is 10.6. The molecule has 0 fully saturated rings. The minimum Gasteiger partial charge on any atom is -0.292 e. The number of hydrogen-bond acceptors (Lipinski definition) is 2. The lowest BCUT2D eigenvalue weighted by atomic mass is 10.1. The lowest BCUT2D eigenvalue weighted by Crippen LogP contribution is -2.09. The van der Waals surface area contributed by atoms with Crippen LogP contribution in [0.5, 0.6) is 0 Å². The van der Waals surface area contributed by atoms with E-state index in [0.29, 0.717) is 12.1 Å². The van der Waals surface area contributed by atoms with Crippen LogP contribution in [0.25, 0.3) is 0 Å². The van der Waals surface area contributed by atoms with Gasteiger partial charge in [0.25, 0.3) is 0 Å². The minimum atomic E-state index is 0.0998. The molecule has 0 unspecified atom stereocenters. The second kappa shape index (κ2) is 5.48. The average molecular weight is 307 g/mol. The van der Waals surface area contributed by atoms with Crippen molar-refractivity contribution in [3.05, 3.63) is 51.8 Å². The molecule has 1 aromatic carbocycles. The number of Topliss-reactive ketones (excluding diaryl/α,β-unsaturated/α-hetero) is 1. The SMILES string of the molecule is CCc1cc(C(=O)Cc2cccc(Br)c2)n(C)n1. The largest absolute Gasteiger partial charge is 0.292 e. The van der Waals surface area contributed by atoms with Crippen LogP contribution in [0, 0.1) is 0 Å². The van der Waals surface area contributed by atoms with Gasteiger partial charge in [0.15, 0.2) is 5.78 Å². The molecular formula is C14H15BrN2O. The number of rotatable bonds is 4. The molecule has 0 saturated heterocycles. The van der Waals surface area contributed by atoms with Gasteiger partial charge in [0.1, 0.15) is 5.69 Å². The summed E-state index contributed by atoms with van der Waals surface area (Å²) >= 11 is 3.41. The monoisotopic (exact) mass is 306 g/mol. The highest BCUT2D eigenvalue weighted by Gasteiger charge is 2.13. The first-order valence-electron chi connectivity index (χ1n) is 5.90. The van der Waals surface area contributed by atoms with Crippen LogP contribution in [0.2, 0.25) is 0 Å². The Kier molecular flexibility index (Phi) is 3.97. The number of benzene rings is 1. The maximum Gasteiger partial charge on any atom is 0.185 e. The van der Waals surface area contributed by atoms with Crippen LogP contribution in [0.15, 0.2) is 34.8 Å². The molecule has 0 aliphatic heterocycles. The van der Waals surface area contributed by atoms with Gasteiger partial charge in [0.05, 0.1) is 5.69 Å². The molecule has 2 aromatic rings. The van der Waals surface area contributed by atoms with Gasteiger partial charge in [-0.15, -0.1) is 0 Å². The van der Waals surface area contributed by atoms with Crippen LogP contribution in [0.1, 0.15) is 28.7 Å². The fourth-order valence-electron chi connectivity index (χ4n) is 1.88. The second-order valence-electron chi connectivity index (χ2n) is 4.23. The minimum absolute atomic E-state index is 0.0998. The molecule has 0 bridgehead atoms. The van der Waals surface area contributed by atoms with Crippen molar-refractivity contribution in [3.8, 4) is 0 Å². The van der Waals surface area contributed by atoms with Crippen molar-refractivity contribution in [2.75, 3.05) is 0 Å². The average Bonchev–Trinajstić information content (AvgIpc) is 2.70. The zero-order valence-electron chi connectivity index (χ0n) is 10.5. The summed E-state index contributed by atoms with van der Waals surface area (Å²) in [5.41, 5.74) is 2.63. The van der Waals surface area contributed by atoms with Gasteiger partial charge < -0.3 is 0 Å². The van der Waals surface area contributed by atoms with E-state index >= 15 is 0 Å². The molecular weight excluding hydrogens is 292 g/mol. The number of aromatic nitrogens is 2. The summed E-state index contributed by atoms with van der Waals surface area (Å²) in [5, 5.41) is 4.30. The Hall–Kier alpha value is -1.42. The Labute approximate surface area is 115 Å². The molecule has 0 N–H and O–H groups in total. The number of halogens is 1. The summed E-state index contributed by atoms with van der Waals surface area (Å²) in [4.78, 5) is 12.2. The molecule has 94 valence electrons. The molecule has 0 amide bonds. The summed E-state index contributed by atoms with van der Waals surface area (Å²) in [6, 6.07) is 9.69. The third kappa shape index (κ3) is 2.88. The first kappa shape index (κ1) is 13.0. The summed E-state index contributed by atoms with van der Waals surface area (Å²) in [7, 11) is 1.81. The topological polar surface area (TPSA) is 34.9 Å². The third-order valence-corrected chi connectivity index (χ3v) is 3.33. The molecule has 2 rings (SSSR count). The fraction of sp³-hybridized carbons (Fsp3) is 0.286. The van der Waals surface area contributed by atoms with Crippen LogP contribution in [0.4, 0.5) is 0 Å². The van der Waals surface area contributed by atoms with Gasteiger partial charge in [-0.05, 0) is 30.2 Å². The van der Waals surface area contributed by atoms with Crippen LogP contribution in [-0.4, -0.2) is 15.6 Å². The lowest BCUT2D eigenvalue weighted by molar-refractivity contribution is 0.0984. The molecule has 4 heteroatoms. The Morgan fingerprint density at radius 2 is 2.17 bits per heavy atom. The summed E-state index contributed by atoms with van der Waals surface area (Å²) in [6.45, 7) is 2.03. The highest BCUT2D eigenvalue weighted by molar-refractivity contribution is 9.10. The van der Waals surface area contributed by atoms with Crippen molar-refractivity contribution in [2.45, 2.75) is 19.8 Å². The number of ketones is 1. The van der Waals surface area contributed by atoms with Crippen LogP contribution in [0.3, 0.4) is 0 Å². The molecule has 18 heavy (non-hydrogen) atoms. The summed E-state index contributed by atoms with van der Waals surface area (Å²) in [6.07, 6.45) is 1.25. The standard InChI is InChI=1S/C14H15BrN2O/c1-3-12-9-13(17(2)16-12)14(18)8-10-5-4-6-11(15)7-10/h4-7,9H,3,8H2,1-2H3. The van der Waals surface area contributed by atoms with E-state index in [9.17, 15) is 4.79 Å². The lowest BCUT2D eigenvalue weighted by Gasteiger charge is -2.02. The van der Waals surface area contributed by atoms with E-state index in [1.54, 1.807) is 4.68 Å². The quantitative estimate of drug-likeness (QED) is 0.813. The Morgan fingerprint density at radius 3 is 2.78 bits per heavy atom. The summed E-state index contributed by atoms with van der Waals surface area (Å²) < 4.78 is 2.66. The van der Waals surface area contributed by atoms with Gasteiger partial charge >= 0.3 is 0 Å². The Morgan fingerprint density at radius 1 is 1.39 bits per heavy atom. The van der Waals surface area contributed by atoms with Gasteiger partial charge in [-0.1, -0.05) is 35.0 Å². The van der Waals surface area contributed by atoms with Gasteiger partial charge in [0.2, 0.25) is 0 Å².